The second kappa shape index (κ2) is 9.41. The van der Waals surface area contributed by atoms with E-state index in [4.69, 9.17) is 4.98 Å². The largest absolute Gasteiger partial charge is 0.507 e. The number of hydrogen-bond donors (Lipinski definition) is 1. The predicted octanol–water partition coefficient (Wildman–Crippen LogP) is 6.29. The summed E-state index contributed by atoms with van der Waals surface area (Å²) in [6.07, 6.45) is 1.83. The van der Waals surface area contributed by atoms with E-state index in [1.54, 1.807) is 0 Å². The highest BCUT2D eigenvalue weighted by Crippen LogP contribution is 2.38. The molecule has 0 bridgehead atoms. The third-order valence-corrected chi connectivity index (χ3v) is 5.70. The maximum absolute atomic E-state index is 11.3. The van der Waals surface area contributed by atoms with E-state index in [1.807, 2.05) is 43.5 Å². The standard InChI is InChI=1S/C28H37N3O/c1-20-11-10-13-24(30-20)19-31(18-23-12-8-9-14-29-23)17-21-15-22(27(2,3)4)16-25(26(21)32)28(5,6)7/h8-16,32H,17-19H2,1-7H3. The van der Waals surface area contributed by atoms with E-state index in [-0.39, 0.29) is 10.8 Å². The first kappa shape index (κ1) is 23.9. The Balaban J connectivity index is 2.02. The number of phenolic OH excluding ortho intramolecular Hbond substituents is 1. The van der Waals surface area contributed by atoms with Crippen LogP contribution in [0.3, 0.4) is 0 Å². The summed E-state index contributed by atoms with van der Waals surface area (Å²) in [5.74, 6) is 0.397. The minimum absolute atomic E-state index is 0.00758. The minimum Gasteiger partial charge on any atom is -0.507 e. The first-order chi connectivity index (χ1) is 14.9. The monoisotopic (exact) mass is 431 g/mol. The Bertz CT molecular complexity index is 1050. The molecule has 4 heteroatoms. The number of hydrogen-bond acceptors (Lipinski definition) is 4. The van der Waals surface area contributed by atoms with E-state index < -0.39 is 0 Å². The number of nitrogens with zero attached hydrogens (tertiary/aromatic N) is 3. The van der Waals surface area contributed by atoms with Crippen LogP contribution in [-0.2, 0) is 30.5 Å². The van der Waals surface area contributed by atoms with Crippen molar-refractivity contribution in [3.63, 3.8) is 0 Å². The summed E-state index contributed by atoms with van der Waals surface area (Å²) in [4.78, 5) is 11.5. The van der Waals surface area contributed by atoms with Gasteiger partial charge in [-0.25, -0.2) is 0 Å². The number of phenols is 1. The van der Waals surface area contributed by atoms with Crippen LogP contribution in [0.5, 0.6) is 5.75 Å². The van der Waals surface area contributed by atoms with Crippen molar-refractivity contribution in [1.29, 1.82) is 0 Å². The lowest BCUT2D eigenvalue weighted by molar-refractivity contribution is 0.237. The van der Waals surface area contributed by atoms with Gasteiger partial charge in [0.25, 0.3) is 0 Å². The fourth-order valence-corrected chi connectivity index (χ4v) is 3.87. The average Bonchev–Trinajstić information content (AvgIpc) is 2.68. The van der Waals surface area contributed by atoms with Crippen LogP contribution >= 0.6 is 0 Å². The van der Waals surface area contributed by atoms with Gasteiger partial charge in [0.15, 0.2) is 0 Å². The summed E-state index contributed by atoms with van der Waals surface area (Å²) < 4.78 is 0. The molecule has 0 aliphatic heterocycles. The van der Waals surface area contributed by atoms with Gasteiger partial charge in [0.1, 0.15) is 5.75 Å². The molecule has 0 fully saturated rings. The number of pyridine rings is 2. The zero-order chi connectivity index (χ0) is 23.5. The maximum atomic E-state index is 11.3. The minimum atomic E-state index is -0.149. The van der Waals surface area contributed by atoms with Gasteiger partial charge in [0.05, 0.1) is 11.4 Å². The molecule has 1 N–H and O–H groups in total. The van der Waals surface area contributed by atoms with Gasteiger partial charge in [-0.05, 0) is 53.1 Å². The Morgan fingerprint density at radius 3 is 2.09 bits per heavy atom. The molecule has 0 saturated carbocycles. The van der Waals surface area contributed by atoms with Crippen LogP contribution in [0, 0.1) is 6.92 Å². The SMILES string of the molecule is Cc1cccc(CN(Cc2ccccn2)Cc2cc(C(C)(C)C)cc(C(C)(C)C)c2O)n1. The molecule has 170 valence electrons. The molecule has 3 rings (SSSR count). The molecule has 0 unspecified atom stereocenters. The fraction of sp³-hybridized carbons (Fsp3) is 0.429. The highest BCUT2D eigenvalue weighted by Gasteiger charge is 2.25. The molecule has 32 heavy (non-hydrogen) atoms. The summed E-state index contributed by atoms with van der Waals surface area (Å²) >= 11 is 0. The molecule has 3 aromatic rings. The predicted molar refractivity (Wildman–Crippen MR) is 132 cm³/mol. The van der Waals surface area contributed by atoms with E-state index in [0.29, 0.717) is 25.4 Å². The summed E-state index contributed by atoms with van der Waals surface area (Å²) in [5.41, 5.74) is 6.05. The molecule has 0 radical (unpaired) electrons. The molecule has 0 amide bonds. The summed E-state index contributed by atoms with van der Waals surface area (Å²) in [7, 11) is 0. The van der Waals surface area contributed by atoms with Crippen molar-refractivity contribution in [1.82, 2.24) is 14.9 Å². The summed E-state index contributed by atoms with van der Waals surface area (Å²) in [6.45, 7) is 17.1. The van der Waals surface area contributed by atoms with Gasteiger partial charge in [-0.1, -0.05) is 65.8 Å². The average molecular weight is 432 g/mol. The van der Waals surface area contributed by atoms with Crippen LogP contribution in [0.25, 0.3) is 0 Å². The Labute approximate surface area is 193 Å². The Hall–Kier alpha value is -2.72. The second-order valence-corrected chi connectivity index (χ2v) is 10.8. The van der Waals surface area contributed by atoms with Gasteiger partial charge in [-0.2, -0.15) is 0 Å². The molecule has 0 saturated heterocycles. The first-order valence-corrected chi connectivity index (χ1v) is 11.3. The molecule has 1 aromatic carbocycles. The lowest BCUT2D eigenvalue weighted by Gasteiger charge is -2.29. The fourth-order valence-electron chi connectivity index (χ4n) is 3.87. The van der Waals surface area contributed by atoms with Crippen molar-refractivity contribution in [3.8, 4) is 5.75 Å². The number of aromatic nitrogens is 2. The highest BCUT2D eigenvalue weighted by atomic mass is 16.3. The maximum Gasteiger partial charge on any atom is 0.123 e. The number of benzene rings is 1. The van der Waals surface area contributed by atoms with E-state index in [9.17, 15) is 5.11 Å². The molecule has 0 atom stereocenters. The molecule has 0 spiro atoms. The third-order valence-electron chi connectivity index (χ3n) is 5.70. The van der Waals surface area contributed by atoms with Crippen molar-refractivity contribution in [2.75, 3.05) is 0 Å². The van der Waals surface area contributed by atoms with Crippen molar-refractivity contribution in [3.05, 3.63) is 88.5 Å². The van der Waals surface area contributed by atoms with Gasteiger partial charge in [0, 0.05) is 37.1 Å². The van der Waals surface area contributed by atoms with Gasteiger partial charge >= 0.3 is 0 Å². The summed E-state index contributed by atoms with van der Waals surface area (Å²) in [6, 6.07) is 16.5. The highest BCUT2D eigenvalue weighted by molar-refractivity contribution is 5.48. The Morgan fingerprint density at radius 1 is 0.812 bits per heavy atom. The van der Waals surface area contributed by atoms with E-state index in [1.165, 1.54) is 5.56 Å². The third kappa shape index (κ3) is 6.17. The normalized spacial score (nSPS) is 12.4. The Kier molecular flexibility index (Phi) is 7.04. The molecular weight excluding hydrogens is 394 g/mol. The van der Waals surface area contributed by atoms with Crippen LogP contribution in [0.2, 0.25) is 0 Å². The van der Waals surface area contributed by atoms with E-state index in [2.05, 4.69) is 69.6 Å². The van der Waals surface area contributed by atoms with Crippen molar-refractivity contribution in [2.24, 2.45) is 0 Å². The van der Waals surface area contributed by atoms with E-state index >= 15 is 0 Å². The number of rotatable bonds is 6. The summed E-state index contributed by atoms with van der Waals surface area (Å²) in [5, 5.41) is 11.3. The molecular formula is C28H37N3O. The zero-order valence-electron chi connectivity index (χ0n) is 20.6. The lowest BCUT2D eigenvalue weighted by Crippen LogP contribution is -2.25. The second-order valence-electron chi connectivity index (χ2n) is 10.8. The quantitative estimate of drug-likeness (QED) is 0.498. The molecule has 4 nitrogen and oxygen atoms in total. The van der Waals surface area contributed by atoms with Crippen LogP contribution in [0.15, 0.2) is 54.7 Å². The van der Waals surface area contributed by atoms with Crippen molar-refractivity contribution in [2.45, 2.75) is 78.9 Å². The van der Waals surface area contributed by atoms with Crippen LogP contribution in [-0.4, -0.2) is 20.0 Å². The number of aryl methyl sites for hydroxylation is 1. The molecule has 0 aliphatic rings. The molecule has 0 aliphatic carbocycles. The van der Waals surface area contributed by atoms with Crippen LogP contribution < -0.4 is 0 Å². The van der Waals surface area contributed by atoms with Gasteiger partial charge in [-0.15, -0.1) is 0 Å². The zero-order valence-corrected chi connectivity index (χ0v) is 20.6. The van der Waals surface area contributed by atoms with Gasteiger partial charge < -0.3 is 5.11 Å². The van der Waals surface area contributed by atoms with Gasteiger partial charge in [0.2, 0.25) is 0 Å². The lowest BCUT2D eigenvalue weighted by atomic mass is 9.79. The number of aromatic hydroxyl groups is 1. The topological polar surface area (TPSA) is 49.2 Å². The Morgan fingerprint density at radius 2 is 1.50 bits per heavy atom. The van der Waals surface area contributed by atoms with Crippen molar-refractivity contribution >= 4 is 0 Å². The first-order valence-electron chi connectivity index (χ1n) is 11.3. The van der Waals surface area contributed by atoms with Crippen molar-refractivity contribution < 1.29 is 5.11 Å². The van der Waals surface area contributed by atoms with Crippen LogP contribution in [0.1, 0.15) is 75.3 Å². The molecule has 2 heterocycles. The van der Waals surface area contributed by atoms with E-state index in [0.717, 1.165) is 28.2 Å². The molecule has 2 aromatic heterocycles. The van der Waals surface area contributed by atoms with Crippen LogP contribution in [0.4, 0.5) is 0 Å². The smallest absolute Gasteiger partial charge is 0.123 e. The van der Waals surface area contributed by atoms with Gasteiger partial charge in [-0.3, -0.25) is 14.9 Å².